The SMILES string of the molecule is CC(C#N)C(=O)C1CCNCC1. The van der Waals surface area contributed by atoms with Gasteiger partial charge in [-0.2, -0.15) is 5.26 Å². The summed E-state index contributed by atoms with van der Waals surface area (Å²) in [6.07, 6.45) is 1.79. The lowest BCUT2D eigenvalue weighted by Gasteiger charge is -2.21. The van der Waals surface area contributed by atoms with Crippen LogP contribution in [0.15, 0.2) is 0 Å². The molecule has 0 aromatic heterocycles. The zero-order chi connectivity index (χ0) is 8.97. The molecule has 1 aliphatic heterocycles. The highest BCUT2D eigenvalue weighted by Crippen LogP contribution is 2.16. The van der Waals surface area contributed by atoms with Gasteiger partial charge in [0.1, 0.15) is 5.92 Å². The van der Waals surface area contributed by atoms with Crippen molar-refractivity contribution in [2.75, 3.05) is 13.1 Å². The summed E-state index contributed by atoms with van der Waals surface area (Å²) in [7, 11) is 0. The number of ketones is 1. The number of nitriles is 1. The van der Waals surface area contributed by atoms with Crippen LogP contribution in [0.4, 0.5) is 0 Å². The molecule has 1 atom stereocenters. The zero-order valence-corrected chi connectivity index (χ0v) is 7.34. The molecule has 1 aliphatic rings. The van der Waals surface area contributed by atoms with Crippen molar-refractivity contribution in [1.82, 2.24) is 5.32 Å². The highest BCUT2D eigenvalue weighted by molar-refractivity contribution is 5.85. The molecule has 12 heavy (non-hydrogen) atoms. The maximum Gasteiger partial charge on any atom is 0.152 e. The van der Waals surface area contributed by atoms with Crippen LogP contribution < -0.4 is 5.32 Å². The molecule has 0 aromatic carbocycles. The van der Waals surface area contributed by atoms with Gasteiger partial charge in [-0.1, -0.05) is 0 Å². The number of piperidine rings is 1. The van der Waals surface area contributed by atoms with E-state index in [1.54, 1.807) is 6.92 Å². The van der Waals surface area contributed by atoms with Crippen molar-refractivity contribution in [1.29, 1.82) is 5.26 Å². The largest absolute Gasteiger partial charge is 0.317 e. The molecule has 0 aromatic rings. The van der Waals surface area contributed by atoms with Gasteiger partial charge in [-0.05, 0) is 32.9 Å². The van der Waals surface area contributed by atoms with Crippen LogP contribution >= 0.6 is 0 Å². The second-order valence-electron chi connectivity index (χ2n) is 3.28. The molecular weight excluding hydrogens is 152 g/mol. The average Bonchev–Trinajstić information content (AvgIpc) is 2.17. The van der Waals surface area contributed by atoms with Crippen molar-refractivity contribution in [3.05, 3.63) is 0 Å². The molecule has 0 aliphatic carbocycles. The van der Waals surface area contributed by atoms with Gasteiger partial charge in [0.2, 0.25) is 0 Å². The van der Waals surface area contributed by atoms with E-state index in [9.17, 15) is 4.79 Å². The van der Waals surface area contributed by atoms with Gasteiger partial charge in [-0.25, -0.2) is 0 Å². The third-order valence-corrected chi connectivity index (χ3v) is 2.36. The first-order valence-electron chi connectivity index (χ1n) is 4.39. The molecule has 1 N–H and O–H groups in total. The fraction of sp³-hybridized carbons (Fsp3) is 0.778. The number of hydrogen-bond donors (Lipinski definition) is 1. The van der Waals surface area contributed by atoms with E-state index in [1.807, 2.05) is 6.07 Å². The summed E-state index contributed by atoms with van der Waals surface area (Å²) >= 11 is 0. The number of Topliss-reactive ketones (excluding diaryl/α,β-unsaturated/α-hetero) is 1. The molecule has 1 fully saturated rings. The number of carbonyl (C=O) groups is 1. The Morgan fingerprint density at radius 2 is 2.17 bits per heavy atom. The van der Waals surface area contributed by atoms with E-state index in [-0.39, 0.29) is 11.7 Å². The third-order valence-electron chi connectivity index (χ3n) is 2.36. The van der Waals surface area contributed by atoms with Gasteiger partial charge in [-0.3, -0.25) is 4.79 Å². The van der Waals surface area contributed by atoms with Crippen LogP contribution in [0.5, 0.6) is 0 Å². The summed E-state index contributed by atoms with van der Waals surface area (Å²) in [5.41, 5.74) is 0. The fourth-order valence-electron chi connectivity index (χ4n) is 1.52. The van der Waals surface area contributed by atoms with E-state index in [0.717, 1.165) is 25.9 Å². The molecule has 1 saturated heterocycles. The second-order valence-corrected chi connectivity index (χ2v) is 3.28. The minimum absolute atomic E-state index is 0.124. The van der Waals surface area contributed by atoms with Gasteiger partial charge < -0.3 is 5.32 Å². The summed E-state index contributed by atoms with van der Waals surface area (Å²) in [6, 6.07) is 1.99. The lowest BCUT2D eigenvalue weighted by Crippen LogP contribution is -2.33. The normalized spacial score (nSPS) is 21.3. The van der Waals surface area contributed by atoms with Crippen LogP contribution in [0.25, 0.3) is 0 Å². The van der Waals surface area contributed by atoms with Gasteiger partial charge >= 0.3 is 0 Å². The zero-order valence-electron chi connectivity index (χ0n) is 7.34. The Bertz CT molecular complexity index is 201. The predicted octanol–water partition coefficient (Wildman–Crippen LogP) is 0.715. The van der Waals surface area contributed by atoms with E-state index in [4.69, 9.17) is 5.26 Å². The first kappa shape index (κ1) is 9.21. The average molecular weight is 166 g/mol. The molecule has 0 bridgehead atoms. The molecule has 3 nitrogen and oxygen atoms in total. The van der Waals surface area contributed by atoms with Gasteiger partial charge in [0.25, 0.3) is 0 Å². The van der Waals surface area contributed by atoms with Gasteiger partial charge in [0.15, 0.2) is 5.78 Å². The Balaban J connectivity index is 2.46. The molecule has 66 valence electrons. The Kier molecular flexibility index (Phi) is 3.24. The topological polar surface area (TPSA) is 52.9 Å². The smallest absolute Gasteiger partial charge is 0.152 e. The molecule has 3 heteroatoms. The van der Waals surface area contributed by atoms with Crippen LogP contribution in [0.1, 0.15) is 19.8 Å². The molecule has 1 heterocycles. The summed E-state index contributed by atoms with van der Waals surface area (Å²) < 4.78 is 0. The number of hydrogen-bond acceptors (Lipinski definition) is 3. The van der Waals surface area contributed by atoms with Gasteiger partial charge in [0.05, 0.1) is 6.07 Å². The molecule has 0 amide bonds. The van der Waals surface area contributed by atoms with E-state index in [2.05, 4.69) is 5.32 Å². The lowest BCUT2D eigenvalue weighted by molar-refractivity contribution is -0.125. The quantitative estimate of drug-likeness (QED) is 0.657. The first-order chi connectivity index (χ1) is 5.75. The second kappa shape index (κ2) is 4.22. The van der Waals surface area contributed by atoms with Crippen molar-refractivity contribution < 1.29 is 4.79 Å². The summed E-state index contributed by atoms with van der Waals surface area (Å²) in [5, 5.41) is 11.7. The summed E-state index contributed by atoms with van der Waals surface area (Å²) in [4.78, 5) is 11.5. The van der Waals surface area contributed by atoms with Crippen LogP contribution in [0, 0.1) is 23.2 Å². The van der Waals surface area contributed by atoms with E-state index in [0.29, 0.717) is 0 Å². The predicted molar refractivity (Wildman–Crippen MR) is 45.4 cm³/mol. The van der Waals surface area contributed by atoms with Crippen LogP contribution in [-0.2, 0) is 4.79 Å². The Morgan fingerprint density at radius 1 is 1.58 bits per heavy atom. The Morgan fingerprint density at radius 3 is 2.67 bits per heavy atom. The molecule has 1 rings (SSSR count). The van der Waals surface area contributed by atoms with Crippen LogP contribution in [-0.4, -0.2) is 18.9 Å². The molecule has 0 saturated carbocycles. The highest BCUT2D eigenvalue weighted by atomic mass is 16.1. The molecular formula is C9H14N2O. The molecule has 0 radical (unpaired) electrons. The third kappa shape index (κ3) is 2.05. The minimum atomic E-state index is -0.423. The van der Waals surface area contributed by atoms with Crippen molar-refractivity contribution in [2.24, 2.45) is 11.8 Å². The van der Waals surface area contributed by atoms with E-state index >= 15 is 0 Å². The van der Waals surface area contributed by atoms with Crippen molar-refractivity contribution in [3.63, 3.8) is 0 Å². The van der Waals surface area contributed by atoms with Crippen molar-refractivity contribution >= 4 is 5.78 Å². The van der Waals surface area contributed by atoms with Crippen LogP contribution in [0.3, 0.4) is 0 Å². The minimum Gasteiger partial charge on any atom is -0.317 e. The number of nitrogens with zero attached hydrogens (tertiary/aromatic N) is 1. The summed E-state index contributed by atoms with van der Waals surface area (Å²) in [6.45, 7) is 3.51. The molecule has 1 unspecified atom stereocenters. The standard InChI is InChI=1S/C9H14N2O/c1-7(6-10)9(12)8-2-4-11-5-3-8/h7-8,11H,2-5H2,1H3. The Labute approximate surface area is 72.8 Å². The van der Waals surface area contributed by atoms with Gasteiger partial charge in [0, 0.05) is 5.92 Å². The van der Waals surface area contributed by atoms with E-state index < -0.39 is 5.92 Å². The van der Waals surface area contributed by atoms with Gasteiger partial charge in [-0.15, -0.1) is 0 Å². The molecule has 0 spiro atoms. The Hall–Kier alpha value is -0.880. The monoisotopic (exact) mass is 166 g/mol. The highest BCUT2D eigenvalue weighted by Gasteiger charge is 2.24. The lowest BCUT2D eigenvalue weighted by atomic mass is 9.88. The van der Waals surface area contributed by atoms with E-state index in [1.165, 1.54) is 0 Å². The van der Waals surface area contributed by atoms with Crippen LogP contribution in [0.2, 0.25) is 0 Å². The number of rotatable bonds is 2. The number of carbonyl (C=O) groups excluding carboxylic acids is 1. The number of nitrogens with one attached hydrogen (secondary N) is 1. The maximum atomic E-state index is 11.5. The summed E-state index contributed by atoms with van der Waals surface area (Å²) in [5.74, 6) is -0.173. The fourth-order valence-corrected chi connectivity index (χ4v) is 1.52. The van der Waals surface area contributed by atoms with Crippen molar-refractivity contribution in [3.8, 4) is 6.07 Å². The van der Waals surface area contributed by atoms with Crippen molar-refractivity contribution in [2.45, 2.75) is 19.8 Å². The maximum absolute atomic E-state index is 11.5. The first-order valence-corrected chi connectivity index (χ1v) is 4.39.